The second kappa shape index (κ2) is 8.12. The summed E-state index contributed by atoms with van der Waals surface area (Å²) >= 11 is 0. The lowest BCUT2D eigenvalue weighted by molar-refractivity contribution is 0.0532. The summed E-state index contributed by atoms with van der Waals surface area (Å²) in [5.74, 6) is 1.16. The highest BCUT2D eigenvalue weighted by molar-refractivity contribution is 5.95. The van der Waals surface area contributed by atoms with Crippen LogP contribution in [0.5, 0.6) is 5.75 Å². The maximum Gasteiger partial charge on any atom is 0.254 e. The summed E-state index contributed by atoms with van der Waals surface area (Å²) in [7, 11) is 0. The molecule has 2 N–H and O–H groups in total. The van der Waals surface area contributed by atoms with Crippen molar-refractivity contribution in [3.63, 3.8) is 0 Å². The Morgan fingerprint density at radius 1 is 1.36 bits per heavy atom. The quantitative estimate of drug-likeness (QED) is 0.909. The standard InChI is InChI=1S/C20H25N3O2/c1-15-5-4-10-23(19(15)12-21)20(24)17-7-2-8-18(11-17)25-14-16-6-3-9-22-13-16/h2-3,6-9,11,13,15,19H,4-5,10,12,14,21H2,1H3/t15-,19+/m0/s1. The number of carbonyl (C=O) groups excluding carboxylic acids is 1. The third-order valence-electron chi connectivity index (χ3n) is 4.83. The SMILES string of the molecule is C[C@H]1CCCN(C(=O)c2cccc(OCc3cccnc3)c2)[C@@H]1CN. The molecule has 1 amide bonds. The van der Waals surface area contributed by atoms with Crippen molar-refractivity contribution in [2.75, 3.05) is 13.1 Å². The number of benzene rings is 1. The van der Waals surface area contributed by atoms with E-state index in [1.54, 1.807) is 12.4 Å². The number of piperidine rings is 1. The Morgan fingerprint density at radius 3 is 3.00 bits per heavy atom. The van der Waals surface area contributed by atoms with E-state index in [1.807, 2.05) is 41.3 Å². The van der Waals surface area contributed by atoms with Gasteiger partial charge >= 0.3 is 0 Å². The molecule has 0 unspecified atom stereocenters. The van der Waals surface area contributed by atoms with Crippen molar-refractivity contribution in [2.45, 2.75) is 32.4 Å². The van der Waals surface area contributed by atoms with Crippen LogP contribution in [-0.2, 0) is 6.61 Å². The molecule has 1 aromatic carbocycles. The van der Waals surface area contributed by atoms with Gasteiger partial charge in [0.05, 0.1) is 0 Å². The number of amides is 1. The van der Waals surface area contributed by atoms with Crippen LogP contribution < -0.4 is 10.5 Å². The molecule has 5 heteroatoms. The lowest BCUT2D eigenvalue weighted by Gasteiger charge is -2.39. The summed E-state index contributed by atoms with van der Waals surface area (Å²) in [6.07, 6.45) is 5.66. The number of ether oxygens (including phenoxy) is 1. The number of nitrogens with zero attached hydrogens (tertiary/aromatic N) is 2. The van der Waals surface area contributed by atoms with E-state index < -0.39 is 0 Å². The van der Waals surface area contributed by atoms with Gasteiger partial charge < -0.3 is 15.4 Å². The number of nitrogens with two attached hydrogens (primary N) is 1. The topological polar surface area (TPSA) is 68.5 Å². The van der Waals surface area contributed by atoms with Crippen LogP contribution in [-0.4, -0.2) is 34.9 Å². The minimum absolute atomic E-state index is 0.0360. The van der Waals surface area contributed by atoms with Gasteiger partial charge in [0.2, 0.25) is 0 Å². The molecule has 1 fully saturated rings. The zero-order valence-corrected chi connectivity index (χ0v) is 14.6. The monoisotopic (exact) mass is 339 g/mol. The van der Waals surface area contributed by atoms with Crippen LogP contribution in [0.3, 0.4) is 0 Å². The van der Waals surface area contributed by atoms with E-state index in [0.717, 1.165) is 24.9 Å². The van der Waals surface area contributed by atoms with E-state index in [2.05, 4.69) is 11.9 Å². The third-order valence-corrected chi connectivity index (χ3v) is 4.83. The van der Waals surface area contributed by atoms with Crippen molar-refractivity contribution in [1.82, 2.24) is 9.88 Å². The summed E-state index contributed by atoms with van der Waals surface area (Å²) in [4.78, 5) is 18.9. The average molecular weight is 339 g/mol. The van der Waals surface area contributed by atoms with Gasteiger partial charge in [0.25, 0.3) is 5.91 Å². The fraction of sp³-hybridized carbons (Fsp3) is 0.400. The molecule has 25 heavy (non-hydrogen) atoms. The first-order valence-electron chi connectivity index (χ1n) is 8.82. The zero-order valence-electron chi connectivity index (χ0n) is 14.6. The van der Waals surface area contributed by atoms with Gasteiger partial charge in [0.15, 0.2) is 0 Å². The predicted molar refractivity (Wildman–Crippen MR) is 97.3 cm³/mol. The zero-order chi connectivity index (χ0) is 17.6. The van der Waals surface area contributed by atoms with Gasteiger partial charge in [-0.25, -0.2) is 0 Å². The highest BCUT2D eigenvalue weighted by atomic mass is 16.5. The molecule has 2 aromatic rings. The van der Waals surface area contributed by atoms with Gasteiger partial charge in [-0.2, -0.15) is 0 Å². The summed E-state index contributed by atoms with van der Waals surface area (Å²) in [5.41, 5.74) is 7.56. The van der Waals surface area contributed by atoms with Gasteiger partial charge in [-0.05, 0) is 43.0 Å². The summed E-state index contributed by atoms with van der Waals surface area (Å²) < 4.78 is 5.81. The Bertz CT molecular complexity index is 705. The highest BCUT2D eigenvalue weighted by Gasteiger charge is 2.31. The Labute approximate surface area is 148 Å². The number of pyridine rings is 1. The number of carbonyl (C=O) groups is 1. The number of hydrogen-bond acceptors (Lipinski definition) is 4. The highest BCUT2D eigenvalue weighted by Crippen LogP contribution is 2.25. The van der Waals surface area contributed by atoms with Crippen molar-refractivity contribution in [3.8, 4) is 5.75 Å². The lowest BCUT2D eigenvalue weighted by Crippen LogP contribution is -2.51. The van der Waals surface area contributed by atoms with Gasteiger partial charge in [-0.1, -0.05) is 19.1 Å². The Morgan fingerprint density at radius 2 is 2.24 bits per heavy atom. The maximum atomic E-state index is 12.9. The fourth-order valence-corrected chi connectivity index (χ4v) is 3.40. The van der Waals surface area contributed by atoms with E-state index in [9.17, 15) is 4.79 Å². The van der Waals surface area contributed by atoms with Crippen LogP contribution >= 0.6 is 0 Å². The molecule has 0 spiro atoms. The molecule has 1 aliphatic rings. The molecule has 1 saturated heterocycles. The number of likely N-dealkylation sites (tertiary alicyclic amines) is 1. The number of aromatic nitrogens is 1. The fourth-order valence-electron chi connectivity index (χ4n) is 3.40. The second-order valence-electron chi connectivity index (χ2n) is 6.60. The van der Waals surface area contributed by atoms with E-state index in [4.69, 9.17) is 10.5 Å². The molecule has 0 radical (unpaired) electrons. The summed E-state index contributed by atoms with van der Waals surface area (Å²) in [5, 5.41) is 0. The molecule has 0 bridgehead atoms. The molecule has 0 saturated carbocycles. The summed E-state index contributed by atoms with van der Waals surface area (Å²) in [6.45, 7) is 3.87. The van der Waals surface area contributed by atoms with Gasteiger partial charge in [-0.3, -0.25) is 9.78 Å². The van der Waals surface area contributed by atoms with Crippen LogP contribution in [0.15, 0.2) is 48.8 Å². The molecule has 2 heterocycles. The predicted octanol–water partition coefficient (Wildman–Crippen LogP) is 2.86. The van der Waals surface area contributed by atoms with Gasteiger partial charge in [-0.15, -0.1) is 0 Å². The first-order valence-corrected chi connectivity index (χ1v) is 8.82. The third kappa shape index (κ3) is 4.17. The summed E-state index contributed by atoms with van der Waals surface area (Å²) in [6, 6.07) is 11.3. The van der Waals surface area contributed by atoms with Crippen molar-refractivity contribution in [2.24, 2.45) is 11.7 Å². The molecule has 5 nitrogen and oxygen atoms in total. The largest absolute Gasteiger partial charge is 0.489 e. The average Bonchev–Trinajstić information content (AvgIpc) is 2.66. The Hall–Kier alpha value is -2.40. The molecular formula is C20H25N3O2. The normalized spacial score (nSPS) is 20.3. The number of hydrogen-bond donors (Lipinski definition) is 1. The minimum Gasteiger partial charge on any atom is -0.489 e. The molecule has 0 aliphatic carbocycles. The number of rotatable bonds is 5. The van der Waals surface area contributed by atoms with Gasteiger partial charge in [0, 0.05) is 42.7 Å². The first kappa shape index (κ1) is 17.4. The van der Waals surface area contributed by atoms with E-state index in [-0.39, 0.29) is 11.9 Å². The van der Waals surface area contributed by atoms with E-state index >= 15 is 0 Å². The van der Waals surface area contributed by atoms with Crippen LogP contribution in [0.4, 0.5) is 0 Å². The second-order valence-corrected chi connectivity index (χ2v) is 6.60. The molecule has 132 valence electrons. The molecule has 1 aromatic heterocycles. The maximum absolute atomic E-state index is 12.9. The molecule has 2 atom stereocenters. The van der Waals surface area contributed by atoms with Crippen molar-refractivity contribution < 1.29 is 9.53 Å². The van der Waals surface area contributed by atoms with Crippen molar-refractivity contribution in [3.05, 3.63) is 59.9 Å². The Kier molecular flexibility index (Phi) is 5.66. The Balaban J connectivity index is 1.71. The molecule has 3 rings (SSSR count). The van der Waals surface area contributed by atoms with Crippen LogP contribution in [0.1, 0.15) is 35.7 Å². The first-order chi connectivity index (χ1) is 12.2. The van der Waals surface area contributed by atoms with Crippen molar-refractivity contribution in [1.29, 1.82) is 0 Å². The van der Waals surface area contributed by atoms with Crippen molar-refractivity contribution >= 4 is 5.91 Å². The lowest BCUT2D eigenvalue weighted by atomic mass is 9.90. The van der Waals surface area contributed by atoms with E-state index in [0.29, 0.717) is 30.4 Å². The smallest absolute Gasteiger partial charge is 0.254 e. The van der Waals surface area contributed by atoms with E-state index in [1.165, 1.54) is 0 Å². The molecule has 1 aliphatic heterocycles. The van der Waals surface area contributed by atoms with Crippen LogP contribution in [0, 0.1) is 5.92 Å². The minimum atomic E-state index is 0.0360. The van der Waals surface area contributed by atoms with Crippen LogP contribution in [0.2, 0.25) is 0 Å². The van der Waals surface area contributed by atoms with Crippen LogP contribution in [0.25, 0.3) is 0 Å². The van der Waals surface area contributed by atoms with Gasteiger partial charge in [0.1, 0.15) is 12.4 Å². The molecular weight excluding hydrogens is 314 g/mol.